The first-order valence-electron chi connectivity index (χ1n) is 7.59. The molecule has 0 aliphatic rings. The van der Waals surface area contributed by atoms with Gasteiger partial charge in [0.1, 0.15) is 23.4 Å². The smallest absolute Gasteiger partial charge is 0.151 e. The van der Waals surface area contributed by atoms with Gasteiger partial charge in [-0.1, -0.05) is 0 Å². The molecule has 4 N–H and O–H groups in total. The largest absolute Gasteiger partial charge is 0.508 e. The van der Waals surface area contributed by atoms with Gasteiger partial charge in [-0.25, -0.2) is 4.98 Å². The number of aromatic nitrogens is 1. The van der Waals surface area contributed by atoms with Crippen LogP contribution in [0.2, 0.25) is 0 Å². The van der Waals surface area contributed by atoms with Crippen LogP contribution in [0.25, 0.3) is 0 Å². The van der Waals surface area contributed by atoms with Crippen LogP contribution < -0.4 is 10.6 Å². The fourth-order valence-corrected chi connectivity index (χ4v) is 2.34. The average molecular weight is 332 g/mol. The van der Waals surface area contributed by atoms with E-state index in [-0.39, 0.29) is 11.5 Å². The van der Waals surface area contributed by atoms with Crippen molar-refractivity contribution in [2.45, 2.75) is 6.92 Å². The molecule has 0 fully saturated rings. The second kappa shape index (κ2) is 6.81. The van der Waals surface area contributed by atoms with E-state index in [0.29, 0.717) is 22.9 Å². The van der Waals surface area contributed by atoms with Crippen molar-refractivity contribution in [2.75, 3.05) is 10.6 Å². The molecule has 0 aliphatic heterocycles. The number of benzene rings is 2. The number of hydrogen-bond acceptors (Lipinski definition) is 6. The molecule has 0 saturated heterocycles. The zero-order valence-corrected chi connectivity index (χ0v) is 13.5. The Balaban J connectivity index is 1.93. The van der Waals surface area contributed by atoms with Crippen LogP contribution in [0, 0.1) is 18.3 Å². The quantitative estimate of drug-likeness (QED) is 0.535. The van der Waals surface area contributed by atoms with Gasteiger partial charge in [0.15, 0.2) is 5.82 Å². The normalized spacial score (nSPS) is 10.1. The predicted molar refractivity (Wildman–Crippen MR) is 96.5 cm³/mol. The number of phenols is 2. The molecule has 1 aromatic heterocycles. The van der Waals surface area contributed by atoms with E-state index in [9.17, 15) is 15.5 Å². The summed E-state index contributed by atoms with van der Waals surface area (Å²) >= 11 is 0. The van der Waals surface area contributed by atoms with Crippen LogP contribution in [-0.2, 0) is 0 Å². The first-order chi connectivity index (χ1) is 12.0. The number of aryl methyl sites for hydroxylation is 1. The topological polar surface area (TPSA) is 101 Å². The SMILES string of the molecule is Cc1cc(Nc2ccc(O)cc2)nc(Nc2ccc(O)cc2)c1C#N. The number of nitriles is 1. The molecule has 6 nitrogen and oxygen atoms in total. The van der Waals surface area contributed by atoms with Crippen molar-refractivity contribution in [3.8, 4) is 17.6 Å². The molecule has 0 saturated carbocycles. The molecular formula is C19H16N4O2. The summed E-state index contributed by atoms with van der Waals surface area (Å²) in [6.07, 6.45) is 0. The van der Waals surface area contributed by atoms with Crippen molar-refractivity contribution >= 4 is 23.0 Å². The summed E-state index contributed by atoms with van der Waals surface area (Å²) in [6, 6.07) is 17.1. The second-order valence-corrected chi connectivity index (χ2v) is 5.50. The monoisotopic (exact) mass is 332 g/mol. The maximum absolute atomic E-state index is 9.41. The summed E-state index contributed by atoms with van der Waals surface area (Å²) in [7, 11) is 0. The average Bonchev–Trinajstić information content (AvgIpc) is 2.59. The Labute approximate surface area is 145 Å². The Hall–Kier alpha value is -3.72. The van der Waals surface area contributed by atoms with E-state index >= 15 is 0 Å². The summed E-state index contributed by atoms with van der Waals surface area (Å²) in [5, 5.41) is 34.4. The minimum absolute atomic E-state index is 0.165. The van der Waals surface area contributed by atoms with E-state index in [0.717, 1.165) is 11.3 Å². The summed E-state index contributed by atoms with van der Waals surface area (Å²) in [4.78, 5) is 4.47. The van der Waals surface area contributed by atoms with Crippen molar-refractivity contribution < 1.29 is 10.2 Å². The maximum Gasteiger partial charge on any atom is 0.151 e. The Bertz CT molecular complexity index is 929. The van der Waals surface area contributed by atoms with Gasteiger partial charge >= 0.3 is 0 Å². The minimum atomic E-state index is 0.165. The van der Waals surface area contributed by atoms with Crippen molar-refractivity contribution in [3.63, 3.8) is 0 Å². The highest BCUT2D eigenvalue weighted by Crippen LogP contribution is 2.27. The number of hydrogen-bond donors (Lipinski definition) is 4. The standard InChI is InChI=1S/C19H16N4O2/c1-12-10-18(21-13-2-6-15(24)7-3-13)23-19(17(12)11-20)22-14-4-8-16(25)9-5-14/h2-10,24-25H,1H3,(H2,21,22,23). The van der Waals surface area contributed by atoms with E-state index in [4.69, 9.17) is 0 Å². The molecule has 6 heteroatoms. The van der Waals surface area contributed by atoms with Crippen LogP contribution >= 0.6 is 0 Å². The Kier molecular flexibility index (Phi) is 4.40. The Morgan fingerprint density at radius 1 is 0.880 bits per heavy atom. The highest BCUT2D eigenvalue weighted by atomic mass is 16.3. The first-order valence-corrected chi connectivity index (χ1v) is 7.59. The number of rotatable bonds is 4. The molecule has 25 heavy (non-hydrogen) atoms. The molecule has 0 aliphatic carbocycles. The van der Waals surface area contributed by atoms with Gasteiger partial charge in [-0.15, -0.1) is 0 Å². The molecule has 1 heterocycles. The fraction of sp³-hybridized carbons (Fsp3) is 0.0526. The number of anilines is 4. The highest BCUT2D eigenvalue weighted by Gasteiger charge is 2.11. The van der Waals surface area contributed by atoms with E-state index in [1.54, 1.807) is 54.6 Å². The number of pyridine rings is 1. The Morgan fingerprint density at radius 2 is 1.40 bits per heavy atom. The van der Waals surface area contributed by atoms with E-state index in [1.165, 1.54) is 0 Å². The Morgan fingerprint density at radius 3 is 1.92 bits per heavy atom. The number of aromatic hydroxyl groups is 2. The van der Waals surface area contributed by atoms with Gasteiger partial charge in [0.05, 0.1) is 5.56 Å². The van der Waals surface area contributed by atoms with Gasteiger partial charge in [-0.3, -0.25) is 0 Å². The number of nitrogens with one attached hydrogen (secondary N) is 2. The first kappa shape index (κ1) is 16.1. The summed E-state index contributed by atoms with van der Waals surface area (Å²) < 4.78 is 0. The lowest BCUT2D eigenvalue weighted by Crippen LogP contribution is -2.03. The van der Waals surface area contributed by atoms with Crippen LogP contribution in [0.3, 0.4) is 0 Å². The lowest BCUT2D eigenvalue weighted by atomic mass is 10.1. The lowest BCUT2D eigenvalue weighted by Gasteiger charge is -2.13. The molecule has 2 aromatic carbocycles. The van der Waals surface area contributed by atoms with Crippen LogP contribution in [-0.4, -0.2) is 15.2 Å². The molecule has 0 radical (unpaired) electrons. The third kappa shape index (κ3) is 3.79. The molecule has 0 atom stereocenters. The molecule has 3 aromatic rings. The minimum Gasteiger partial charge on any atom is -0.508 e. The van der Waals surface area contributed by atoms with Gasteiger partial charge < -0.3 is 20.8 Å². The number of phenolic OH excluding ortho intramolecular Hbond substituents is 2. The third-order valence-electron chi connectivity index (χ3n) is 3.60. The summed E-state index contributed by atoms with van der Waals surface area (Å²) in [6.45, 7) is 1.84. The van der Waals surface area contributed by atoms with Crippen molar-refractivity contribution in [3.05, 3.63) is 65.7 Å². The van der Waals surface area contributed by atoms with Crippen molar-refractivity contribution in [2.24, 2.45) is 0 Å². The van der Waals surface area contributed by atoms with Gasteiger partial charge in [0.2, 0.25) is 0 Å². The zero-order valence-electron chi connectivity index (χ0n) is 13.5. The van der Waals surface area contributed by atoms with Crippen LogP contribution in [0.1, 0.15) is 11.1 Å². The molecule has 124 valence electrons. The molecule has 3 rings (SSSR count). The zero-order chi connectivity index (χ0) is 17.8. The van der Waals surface area contributed by atoms with Crippen LogP contribution in [0.15, 0.2) is 54.6 Å². The fourth-order valence-electron chi connectivity index (χ4n) is 2.34. The molecule has 0 spiro atoms. The van der Waals surface area contributed by atoms with E-state index in [2.05, 4.69) is 21.7 Å². The molecular weight excluding hydrogens is 316 g/mol. The summed E-state index contributed by atoms with van der Waals surface area (Å²) in [5.74, 6) is 1.35. The summed E-state index contributed by atoms with van der Waals surface area (Å²) in [5.41, 5.74) is 2.71. The maximum atomic E-state index is 9.41. The van der Waals surface area contributed by atoms with E-state index in [1.807, 2.05) is 6.92 Å². The van der Waals surface area contributed by atoms with Crippen molar-refractivity contribution in [1.82, 2.24) is 4.98 Å². The lowest BCUT2D eigenvalue weighted by molar-refractivity contribution is 0.475. The van der Waals surface area contributed by atoms with Gasteiger partial charge in [0.25, 0.3) is 0 Å². The molecule has 0 bridgehead atoms. The van der Waals surface area contributed by atoms with Gasteiger partial charge in [-0.05, 0) is 67.1 Å². The van der Waals surface area contributed by atoms with Crippen molar-refractivity contribution in [1.29, 1.82) is 5.26 Å². The van der Waals surface area contributed by atoms with E-state index < -0.39 is 0 Å². The predicted octanol–water partition coefficient (Wildman–Crippen LogP) is 4.16. The molecule has 0 unspecified atom stereocenters. The highest BCUT2D eigenvalue weighted by molar-refractivity contribution is 5.69. The second-order valence-electron chi connectivity index (χ2n) is 5.50. The third-order valence-corrected chi connectivity index (χ3v) is 3.60. The van der Waals surface area contributed by atoms with Crippen LogP contribution in [0.4, 0.5) is 23.0 Å². The van der Waals surface area contributed by atoms with Gasteiger partial charge in [0, 0.05) is 11.4 Å². The number of nitrogens with zero attached hydrogens (tertiary/aromatic N) is 2. The van der Waals surface area contributed by atoms with Crippen LogP contribution in [0.5, 0.6) is 11.5 Å². The molecule has 0 amide bonds. The van der Waals surface area contributed by atoms with Gasteiger partial charge in [-0.2, -0.15) is 5.26 Å².